The van der Waals surface area contributed by atoms with Gasteiger partial charge >= 0.3 is 5.97 Å². The number of aryl methyl sites for hydroxylation is 1. The molecule has 0 saturated carbocycles. The molecule has 2 heterocycles. The minimum Gasteiger partial charge on any atom is -0.464 e. The van der Waals surface area contributed by atoms with Crippen LogP contribution < -0.4 is 11.1 Å². The molecule has 0 radical (unpaired) electrons. The number of amides is 1. The van der Waals surface area contributed by atoms with Crippen molar-refractivity contribution in [2.75, 3.05) is 18.2 Å². The quantitative estimate of drug-likeness (QED) is 0.845. The summed E-state index contributed by atoms with van der Waals surface area (Å²) in [5.41, 5.74) is 7.54. The van der Waals surface area contributed by atoms with Crippen LogP contribution in [0.25, 0.3) is 0 Å². The number of nitrogens with zero attached hydrogens (tertiary/aromatic N) is 2. The summed E-state index contributed by atoms with van der Waals surface area (Å²) >= 11 is 0. The lowest BCUT2D eigenvalue weighted by molar-refractivity contribution is 0.0586. The molecule has 7 heteroatoms. The van der Waals surface area contributed by atoms with E-state index in [2.05, 4.69) is 5.32 Å². The fourth-order valence-electron chi connectivity index (χ4n) is 2.25. The first-order chi connectivity index (χ1) is 10.3. The fraction of sp³-hybridized carbons (Fsp3) is 0.333. The zero-order valence-electron chi connectivity index (χ0n) is 13.1. The summed E-state index contributed by atoms with van der Waals surface area (Å²) in [6, 6.07) is 3.25. The van der Waals surface area contributed by atoms with Gasteiger partial charge in [-0.2, -0.15) is 0 Å². The van der Waals surface area contributed by atoms with Crippen LogP contribution in [0.4, 0.5) is 11.4 Å². The summed E-state index contributed by atoms with van der Waals surface area (Å²) in [5.74, 6) is -0.742. The minimum absolute atomic E-state index is 0.0606. The van der Waals surface area contributed by atoms with Crippen molar-refractivity contribution in [3.05, 3.63) is 35.9 Å². The molecule has 3 N–H and O–H groups in total. The Morgan fingerprint density at radius 3 is 2.41 bits per heavy atom. The number of anilines is 2. The van der Waals surface area contributed by atoms with Crippen LogP contribution in [-0.2, 0) is 11.8 Å². The number of nitrogens with one attached hydrogen (secondary N) is 1. The third kappa shape index (κ3) is 2.98. The van der Waals surface area contributed by atoms with E-state index in [4.69, 9.17) is 10.5 Å². The molecule has 0 aliphatic carbocycles. The molecule has 22 heavy (non-hydrogen) atoms. The van der Waals surface area contributed by atoms with E-state index in [1.807, 2.05) is 13.8 Å². The summed E-state index contributed by atoms with van der Waals surface area (Å²) in [4.78, 5) is 24.1. The summed E-state index contributed by atoms with van der Waals surface area (Å²) in [6.07, 6.45) is 3.37. The Kier molecular flexibility index (Phi) is 4.25. The third-order valence-corrected chi connectivity index (χ3v) is 3.32. The van der Waals surface area contributed by atoms with E-state index in [1.165, 1.54) is 7.11 Å². The van der Waals surface area contributed by atoms with E-state index < -0.39 is 5.97 Å². The van der Waals surface area contributed by atoms with Crippen molar-refractivity contribution in [3.8, 4) is 0 Å². The second-order valence-corrected chi connectivity index (χ2v) is 5.33. The van der Waals surface area contributed by atoms with Crippen molar-refractivity contribution in [2.45, 2.75) is 19.9 Å². The number of carbonyl (C=O) groups is 2. The second kappa shape index (κ2) is 5.97. The molecule has 0 aliphatic rings. The zero-order valence-corrected chi connectivity index (χ0v) is 13.1. The molecule has 2 aromatic heterocycles. The van der Waals surface area contributed by atoms with Crippen LogP contribution in [-0.4, -0.2) is 28.1 Å². The van der Waals surface area contributed by atoms with Gasteiger partial charge in [0.05, 0.1) is 18.5 Å². The number of nitrogen functional groups attached to an aromatic ring is 1. The molecular weight excluding hydrogens is 284 g/mol. The lowest BCUT2D eigenvalue weighted by Gasteiger charge is -2.10. The molecule has 118 valence electrons. The Hall–Kier alpha value is -2.70. The summed E-state index contributed by atoms with van der Waals surface area (Å²) < 4.78 is 8.15. The molecule has 0 unspecified atom stereocenters. The Bertz CT molecular complexity index is 712. The van der Waals surface area contributed by atoms with E-state index in [1.54, 1.807) is 40.7 Å². The number of aromatic nitrogens is 2. The maximum Gasteiger partial charge on any atom is 0.354 e. The summed E-state index contributed by atoms with van der Waals surface area (Å²) in [5, 5.41) is 2.76. The van der Waals surface area contributed by atoms with Crippen molar-refractivity contribution in [3.63, 3.8) is 0 Å². The van der Waals surface area contributed by atoms with Crippen molar-refractivity contribution < 1.29 is 14.3 Å². The van der Waals surface area contributed by atoms with Crippen LogP contribution in [0.5, 0.6) is 0 Å². The number of esters is 1. The van der Waals surface area contributed by atoms with Gasteiger partial charge in [-0.1, -0.05) is 0 Å². The molecule has 0 aliphatic heterocycles. The Balaban J connectivity index is 2.28. The lowest BCUT2D eigenvalue weighted by atomic mass is 10.3. The van der Waals surface area contributed by atoms with Gasteiger partial charge in [0.15, 0.2) is 0 Å². The van der Waals surface area contributed by atoms with Gasteiger partial charge < -0.3 is 24.9 Å². The van der Waals surface area contributed by atoms with Gasteiger partial charge in [-0.15, -0.1) is 0 Å². The monoisotopic (exact) mass is 304 g/mol. The largest absolute Gasteiger partial charge is 0.464 e. The van der Waals surface area contributed by atoms with Crippen LogP contribution in [0.2, 0.25) is 0 Å². The Morgan fingerprint density at radius 2 is 1.91 bits per heavy atom. The minimum atomic E-state index is -0.447. The van der Waals surface area contributed by atoms with Crippen LogP contribution >= 0.6 is 0 Å². The van der Waals surface area contributed by atoms with Crippen LogP contribution in [0.3, 0.4) is 0 Å². The molecule has 0 atom stereocenters. The molecule has 0 aromatic carbocycles. The number of rotatable bonds is 4. The molecule has 0 saturated heterocycles. The van der Waals surface area contributed by atoms with Crippen molar-refractivity contribution in [1.82, 2.24) is 9.13 Å². The molecule has 2 aromatic rings. The average Bonchev–Trinajstić information content (AvgIpc) is 3.01. The zero-order chi connectivity index (χ0) is 16.4. The number of hydrogen-bond donors (Lipinski definition) is 2. The number of nitrogens with two attached hydrogens (primary N) is 1. The SMILES string of the molecule is COC(=O)c1cc(NC(=O)c2cc(N)cn2C)cn1C(C)C. The lowest BCUT2D eigenvalue weighted by Crippen LogP contribution is -2.14. The third-order valence-electron chi connectivity index (χ3n) is 3.32. The van der Waals surface area contributed by atoms with Gasteiger partial charge in [0, 0.05) is 25.5 Å². The number of methoxy groups -OCH3 is 1. The van der Waals surface area contributed by atoms with E-state index in [0.29, 0.717) is 22.8 Å². The molecule has 0 spiro atoms. The molecule has 0 fully saturated rings. The first kappa shape index (κ1) is 15.7. The highest BCUT2D eigenvalue weighted by Gasteiger charge is 2.18. The highest BCUT2D eigenvalue weighted by Crippen LogP contribution is 2.21. The highest BCUT2D eigenvalue weighted by molar-refractivity contribution is 6.04. The number of ether oxygens (including phenoxy) is 1. The van der Waals surface area contributed by atoms with Gasteiger partial charge in [-0.25, -0.2) is 4.79 Å². The highest BCUT2D eigenvalue weighted by atomic mass is 16.5. The van der Waals surface area contributed by atoms with Crippen molar-refractivity contribution in [1.29, 1.82) is 0 Å². The first-order valence-electron chi connectivity index (χ1n) is 6.87. The summed E-state index contributed by atoms with van der Waals surface area (Å²) in [7, 11) is 3.06. The van der Waals surface area contributed by atoms with Gasteiger partial charge in [-0.3, -0.25) is 4.79 Å². The summed E-state index contributed by atoms with van der Waals surface area (Å²) in [6.45, 7) is 3.88. The van der Waals surface area contributed by atoms with E-state index in [9.17, 15) is 9.59 Å². The predicted octanol–water partition coefficient (Wildman–Crippen LogP) is 2.03. The van der Waals surface area contributed by atoms with Crippen LogP contribution in [0.1, 0.15) is 40.9 Å². The van der Waals surface area contributed by atoms with Crippen molar-refractivity contribution >= 4 is 23.3 Å². The standard InChI is InChI=1S/C15H20N4O3/c1-9(2)19-8-11(6-13(19)15(21)22-4)17-14(20)12-5-10(16)7-18(12)3/h5-9H,16H2,1-4H3,(H,17,20). The number of hydrogen-bond acceptors (Lipinski definition) is 4. The maximum absolute atomic E-state index is 12.3. The second-order valence-electron chi connectivity index (χ2n) is 5.33. The molecule has 7 nitrogen and oxygen atoms in total. The first-order valence-corrected chi connectivity index (χ1v) is 6.87. The van der Waals surface area contributed by atoms with Gasteiger partial charge in [0.2, 0.25) is 0 Å². The van der Waals surface area contributed by atoms with Crippen LogP contribution in [0, 0.1) is 0 Å². The number of carbonyl (C=O) groups excluding carboxylic acids is 2. The van der Waals surface area contributed by atoms with Gasteiger partial charge in [0.25, 0.3) is 5.91 Å². The molecule has 1 amide bonds. The van der Waals surface area contributed by atoms with Crippen molar-refractivity contribution in [2.24, 2.45) is 7.05 Å². The van der Waals surface area contributed by atoms with Gasteiger partial charge in [0.1, 0.15) is 11.4 Å². The topological polar surface area (TPSA) is 91.3 Å². The van der Waals surface area contributed by atoms with Gasteiger partial charge in [-0.05, 0) is 26.0 Å². The smallest absolute Gasteiger partial charge is 0.354 e. The Morgan fingerprint density at radius 1 is 1.23 bits per heavy atom. The average molecular weight is 304 g/mol. The molecule has 2 rings (SSSR count). The molecule has 0 bridgehead atoms. The maximum atomic E-state index is 12.3. The fourth-order valence-corrected chi connectivity index (χ4v) is 2.25. The predicted molar refractivity (Wildman–Crippen MR) is 83.9 cm³/mol. The van der Waals surface area contributed by atoms with E-state index in [-0.39, 0.29) is 11.9 Å². The molecular formula is C15H20N4O3. The Labute approximate surface area is 128 Å². The normalized spacial score (nSPS) is 10.8. The van der Waals surface area contributed by atoms with E-state index in [0.717, 1.165) is 0 Å². The van der Waals surface area contributed by atoms with Crippen LogP contribution in [0.15, 0.2) is 24.5 Å². The van der Waals surface area contributed by atoms with E-state index >= 15 is 0 Å².